The van der Waals surface area contributed by atoms with Gasteiger partial charge in [-0.1, -0.05) is 6.08 Å². The van der Waals surface area contributed by atoms with Gasteiger partial charge in [-0.25, -0.2) is 4.98 Å². The number of hydrogen-bond acceptors (Lipinski definition) is 4. The van der Waals surface area contributed by atoms with E-state index >= 15 is 0 Å². The highest BCUT2D eigenvalue weighted by atomic mass is 16.1. The number of carbonyl (C=O) groups excluding carboxylic acids is 1. The van der Waals surface area contributed by atoms with Crippen LogP contribution in [0.2, 0.25) is 0 Å². The summed E-state index contributed by atoms with van der Waals surface area (Å²) in [4.78, 5) is 18.5. The molecule has 0 aliphatic rings. The van der Waals surface area contributed by atoms with Gasteiger partial charge in [-0.3, -0.25) is 9.78 Å². The number of nitrogens with zero attached hydrogens (tertiary/aromatic N) is 2. The van der Waals surface area contributed by atoms with Gasteiger partial charge in [-0.2, -0.15) is 0 Å². The fourth-order valence-corrected chi connectivity index (χ4v) is 0.970. The van der Waals surface area contributed by atoms with Gasteiger partial charge in [0.25, 0.3) is 0 Å². The van der Waals surface area contributed by atoms with E-state index in [0.29, 0.717) is 12.4 Å². The second-order valence-corrected chi connectivity index (χ2v) is 3.04. The zero-order valence-electron chi connectivity index (χ0n) is 8.60. The Bertz CT molecular complexity index is 345. The minimum absolute atomic E-state index is 0.0179. The Morgan fingerprint density at radius 3 is 2.93 bits per heavy atom. The topological polar surface area (TPSA) is 80.9 Å². The Morgan fingerprint density at radius 2 is 2.33 bits per heavy atom. The molecule has 0 atom stereocenters. The van der Waals surface area contributed by atoms with Crippen molar-refractivity contribution in [1.29, 1.82) is 0 Å². The molecule has 1 amide bonds. The smallest absolute Gasteiger partial charge is 0.216 e. The lowest BCUT2D eigenvalue weighted by Crippen LogP contribution is -2.20. The zero-order chi connectivity index (χ0) is 11.1. The first-order chi connectivity index (χ1) is 7.18. The summed E-state index contributed by atoms with van der Waals surface area (Å²) in [6.45, 7) is 2.13. The molecule has 1 aromatic heterocycles. The van der Waals surface area contributed by atoms with Crippen molar-refractivity contribution < 1.29 is 4.79 Å². The molecule has 5 heteroatoms. The van der Waals surface area contributed by atoms with Crippen LogP contribution in [0.15, 0.2) is 18.5 Å². The summed E-state index contributed by atoms with van der Waals surface area (Å²) in [5.41, 5.74) is 6.15. The molecule has 80 valence electrons. The molecule has 0 radical (unpaired) electrons. The molecule has 0 aromatic carbocycles. The third-order valence-corrected chi connectivity index (χ3v) is 1.67. The number of nitrogen functional groups attached to an aromatic ring is 1. The lowest BCUT2D eigenvalue weighted by molar-refractivity contribution is -0.118. The van der Waals surface area contributed by atoms with E-state index in [2.05, 4.69) is 15.3 Å². The largest absolute Gasteiger partial charge is 0.382 e. The van der Waals surface area contributed by atoms with Crippen molar-refractivity contribution >= 4 is 17.8 Å². The SMILES string of the molecule is CC(=O)NCCC=Cc1cnc(N)cn1. The van der Waals surface area contributed by atoms with E-state index in [-0.39, 0.29) is 5.91 Å². The van der Waals surface area contributed by atoms with Crippen LogP contribution < -0.4 is 11.1 Å². The van der Waals surface area contributed by atoms with Crippen LogP contribution in [0.4, 0.5) is 5.82 Å². The summed E-state index contributed by atoms with van der Waals surface area (Å²) in [6, 6.07) is 0. The number of hydrogen-bond donors (Lipinski definition) is 2. The summed E-state index contributed by atoms with van der Waals surface area (Å²) >= 11 is 0. The molecule has 3 N–H and O–H groups in total. The molecule has 0 aliphatic heterocycles. The van der Waals surface area contributed by atoms with Gasteiger partial charge in [0, 0.05) is 13.5 Å². The molecule has 1 heterocycles. The molecule has 0 saturated heterocycles. The molecular weight excluding hydrogens is 192 g/mol. The molecule has 1 rings (SSSR count). The maximum absolute atomic E-state index is 10.5. The van der Waals surface area contributed by atoms with Gasteiger partial charge in [-0.15, -0.1) is 0 Å². The molecule has 0 bridgehead atoms. The number of anilines is 1. The summed E-state index contributed by atoms with van der Waals surface area (Å²) < 4.78 is 0. The Hall–Kier alpha value is -1.91. The van der Waals surface area contributed by atoms with Gasteiger partial charge in [0.05, 0.1) is 18.1 Å². The van der Waals surface area contributed by atoms with Crippen LogP contribution in [0.1, 0.15) is 19.0 Å². The molecule has 5 nitrogen and oxygen atoms in total. The minimum atomic E-state index is -0.0179. The number of nitrogens with two attached hydrogens (primary N) is 1. The Kier molecular flexibility index (Phi) is 4.28. The number of aromatic nitrogens is 2. The van der Waals surface area contributed by atoms with E-state index in [9.17, 15) is 4.79 Å². The van der Waals surface area contributed by atoms with E-state index in [4.69, 9.17) is 5.73 Å². The van der Waals surface area contributed by atoms with Crippen LogP contribution in [0.5, 0.6) is 0 Å². The Balaban J connectivity index is 2.32. The molecule has 0 unspecified atom stereocenters. The van der Waals surface area contributed by atoms with Crippen LogP contribution in [0.25, 0.3) is 6.08 Å². The van der Waals surface area contributed by atoms with Crippen molar-refractivity contribution in [3.63, 3.8) is 0 Å². The Labute approximate surface area is 88.4 Å². The van der Waals surface area contributed by atoms with Crippen molar-refractivity contribution in [2.24, 2.45) is 0 Å². The van der Waals surface area contributed by atoms with E-state index in [1.54, 1.807) is 6.20 Å². The average Bonchev–Trinajstić information content (AvgIpc) is 2.20. The predicted molar refractivity (Wildman–Crippen MR) is 58.8 cm³/mol. The molecule has 15 heavy (non-hydrogen) atoms. The predicted octanol–water partition coefficient (Wildman–Crippen LogP) is 0.598. The van der Waals surface area contributed by atoms with Crippen molar-refractivity contribution in [2.45, 2.75) is 13.3 Å². The summed E-state index contributed by atoms with van der Waals surface area (Å²) in [5.74, 6) is 0.390. The summed E-state index contributed by atoms with van der Waals surface area (Å²) in [6.07, 6.45) is 7.65. The number of carbonyl (C=O) groups is 1. The fourth-order valence-electron chi connectivity index (χ4n) is 0.970. The van der Waals surface area contributed by atoms with Crippen molar-refractivity contribution in [1.82, 2.24) is 15.3 Å². The second-order valence-electron chi connectivity index (χ2n) is 3.04. The number of nitrogens with one attached hydrogen (secondary N) is 1. The van der Waals surface area contributed by atoms with Gasteiger partial charge in [0.1, 0.15) is 5.82 Å². The third-order valence-electron chi connectivity index (χ3n) is 1.67. The molecule has 0 fully saturated rings. The molecule has 0 saturated carbocycles. The lowest BCUT2D eigenvalue weighted by Gasteiger charge is -1.96. The molecule has 0 aliphatic carbocycles. The van der Waals surface area contributed by atoms with Gasteiger partial charge < -0.3 is 11.1 Å². The maximum Gasteiger partial charge on any atom is 0.216 e. The summed E-state index contributed by atoms with van der Waals surface area (Å²) in [7, 11) is 0. The molecular formula is C10H14N4O. The normalized spacial score (nSPS) is 10.5. The van der Waals surface area contributed by atoms with Gasteiger partial charge >= 0.3 is 0 Å². The van der Waals surface area contributed by atoms with E-state index in [0.717, 1.165) is 12.1 Å². The number of amides is 1. The minimum Gasteiger partial charge on any atom is -0.382 e. The van der Waals surface area contributed by atoms with E-state index in [1.165, 1.54) is 13.1 Å². The average molecular weight is 206 g/mol. The second kappa shape index (κ2) is 5.74. The lowest BCUT2D eigenvalue weighted by atomic mass is 10.3. The third kappa shape index (κ3) is 4.75. The number of rotatable bonds is 4. The fraction of sp³-hybridized carbons (Fsp3) is 0.300. The monoisotopic (exact) mass is 206 g/mol. The van der Waals surface area contributed by atoms with Crippen LogP contribution in [0.3, 0.4) is 0 Å². The van der Waals surface area contributed by atoms with Gasteiger partial charge in [0.15, 0.2) is 0 Å². The highest BCUT2D eigenvalue weighted by molar-refractivity contribution is 5.72. The standard InChI is InChI=1S/C10H14N4O/c1-8(15)12-5-3-2-4-9-6-14-10(11)7-13-9/h2,4,6-7H,3,5H2,1H3,(H2,11,14)(H,12,15). The quantitative estimate of drug-likeness (QED) is 0.707. The molecule has 0 spiro atoms. The first-order valence-corrected chi connectivity index (χ1v) is 4.67. The first-order valence-electron chi connectivity index (χ1n) is 4.67. The Morgan fingerprint density at radius 1 is 1.53 bits per heavy atom. The summed E-state index contributed by atoms with van der Waals surface area (Å²) in [5, 5.41) is 2.69. The van der Waals surface area contributed by atoms with Crippen LogP contribution in [0, 0.1) is 0 Å². The van der Waals surface area contributed by atoms with E-state index < -0.39 is 0 Å². The van der Waals surface area contributed by atoms with Gasteiger partial charge in [0.2, 0.25) is 5.91 Å². The van der Waals surface area contributed by atoms with Crippen molar-refractivity contribution in [2.75, 3.05) is 12.3 Å². The van der Waals surface area contributed by atoms with Gasteiger partial charge in [-0.05, 0) is 12.5 Å². The van der Waals surface area contributed by atoms with Crippen LogP contribution in [-0.2, 0) is 4.79 Å². The highest BCUT2D eigenvalue weighted by Crippen LogP contribution is 1.98. The maximum atomic E-state index is 10.5. The van der Waals surface area contributed by atoms with Crippen LogP contribution in [-0.4, -0.2) is 22.4 Å². The molecule has 1 aromatic rings. The first kappa shape index (κ1) is 11.2. The highest BCUT2D eigenvalue weighted by Gasteiger charge is 1.90. The van der Waals surface area contributed by atoms with Crippen molar-refractivity contribution in [3.8, 4) is 0 Å². The zero-order valence-corrected chi connectivity index (χ0v) is 8.60. The van der Waals surface area contributed by atoms with Crippen LogP contribution >= 0.6 is 0 Å². The van der Waals surface area contributed by atoms with E-state index in [1.807, 2.05) is 12.2 Å². The van der Waals surface area contributed by atoms with Crippen molar-refractivity contribution in [3.05, 3.63) is 24.2 Å².